The number of benzene rings is 2. The fraction of sp³-hybridized carbons (Fsp3) is 0.500. The molecule has 3 heterocycles. The number of fused-ring (bicyclic) bond motifs is 1. The second kappa shape index (κ2) is 11.5. The van der Waals surface area contributed by atoms with Crippen LogP contribution in [0.1, 0.15) is 54.1 Å². The molecule has 2 saturated heterocycles. The lowest BCUT2D eigenvalue weighted by Crippen LogP contribution is -2.48. The van der Waals surface area contributed by atoms with Crippen molar-refractivity contribution in [2.75, 3.05) is 50.8 Å². The number of hydrogen-bond acceptors (Lipinski definition) is 7. The van der Waals surface area contributed by atoms with Crippen LogP contribution in [0.5, 0.6) is 11.5 Å². The number of Topliss-reactive ketones (excluding diaryl/α,β-unsaturated/α-hetero) is 1. The van der Waals surface area contributed by atoms with Gasteiger partial charge in [0.1, 0.15) is 19.3 Å². The van der Waals surface area contributed by atoms with Crippen LogP contribution >= 0.6 is 0 Å². The molecule has 2 fully saturated rings. The maximum absolute atomic E-state index is 14.7. The van der Waals surface area contributed by atoms with E-state index in [1.807, 2.05) is 12.1 Å². The first-order valence-corrected chi connectivity index (χ1v) is 13.2. The summed E-state index contributed by atoms with van der Waals surface area (Å²) in [6.07, 6.45) is 4.34. The van der Waals surface area contributed by atoms with E-state index in [9.17, 15) is 19.1 Å². The highest BCUT2D eigenvalue weighted by Crippen LogP contribution is 2.36. The Bertz CT molecular complexity index is 1110. The molecule has 198 valence electrons. The molecule has 0 spiro atoms. The molecule has 37 heavy (non-hydrogen) atoms. The number of carbonyl (C=O) groups is 2. The third-order valence-corrected chi connectivity index (χ3v) is 7.37. The normalized spacial score (nSPS) is 19.4. The van der Waals surface area contributed by atoms with Crippen LogP contribution in [0.3, 0.4) is 0 Å². The van der Waals surface area contributed by atoms with Crippen LogP contribution in [0.2, 0.25) is 0 Å². The van der Waals surface area contributed by atoms with Gasteiger partial charge in [-0.3, -0.25) is 9.59 Å². The molecule has 0 bridgehead atoms. The van der Waals surface area contributed by atoms with E-state index in [1.54, 1.807) is 12.1 Å². The summed E-state index contributed by atoms with van der Waals surface area (Å²) >= 11 is 0. The Morgan fingerprint density at radius 2 is 1.62 bits per heavy atom. The summed E-state index contributed by atoms with van der Waals surface area (Å²) < 4.78 is 25.5. The number of nitrogens with zero attached hydrogens (tertiary/aromatic N) is 2. The quantitative estimate of drug-likeness (QED) is 0.416. The minimum absolute atomic E-state index is 0.0190. The number of nitrogens with one attached hydrogen (secondary N) is 1. The number of halogens is 1. The van der Waals surface area contributed by atoms with Crippen LogP contribution < -0.4 is 19.7 Å². The second-order valence-corrected chi connectivity index (χ2v) is 9.98. The highest BCUT2D eigenvalue weighted by Gasteiger charge is 2.31. The van der Waals surface area contributed by atoms with Gasteiger partial charge in [0, 0.05) is 30.9 Å². The first-order chi connectivity index (χ1) is 18.0. The summed E-state index contributed by atoms with van der Waals surface area (Å²) in [6.45, 7) is 4.52. The third-order valence-electron chi connectivity index (χ3n) is 7.37. The summed E-state index contributed by atoms with van der Waals surface area (Å²) in [6, 6.07) is 9.02. The molecule has 5 rings (SSSR count). The van der Waals surface area contributed by atoms with Gasteiger partial charge >= 0.3 is 0 Å². The molecule has 0 aromatic heterocycles. The molecule has 2 aromatic carbocycles. The maximum atomic E-state index is 14.7. The molecule has 2 N–H and O–H groups in total. The average Bonchev–Trinajstić information content (AvgIpc) is 3.45. The number of likely N-dealkylation sites (tertiary alicyclic amines) is 1. The maximum Gasteiger partial charge on any atom is 0.292 e. The fourth-order valence-electron chi connectivity index (χ4n) is 5.34. The van der Waals surface area contributed by atoms with Crippen LogP contribution in [-0.4, -0.2) is 73.7 Å². The fourth-order valence-corrected chi connectivity index (χ4v) is 5.34. The van der Waals surface area contributed by atoms with Crippen molar-refractivity contribution in [1.29, 1.82) is 0 Å². The van der Waals surface area contributed by atoms with Gasteiger partial charge in [-0.1, -0.05) is 0 Å². The van der Waals surface area contributed by atoms with Crippen molar-refractivity contribution in [2.24, 2.45) is 0 Å². The van der Waals surface area contributed by atoms with Crippen LogP contribution in [0, 0.1) is 5.82 Å². The molecule has 9 heteroatoms. The number of rotatable bonds is 8. The number of ketones is 1. The standard InChI is InChI=1S/C28H34FN3O5/c29-22-16-20(17-24-27(22)37-15-14-36-24)25(33)23(18-31-10-4-5-11-31)30-28(35)26(34)19-6-8-21(9-7-19)32-12-2-1-3-13-32/h6-9,16-17,23,25,33H,1-5,10-15,18H2,(H,30,35). The number of piperidine rings is 1. The Kier molecular flexibility index (Phi) is 7.90. The molecule has 0 aliphatic carbocycles. The van der Waals surface area contributed by atoms with E-state index in [2.05, 4.69) is 15.1 Å². The SMILES string of the molecule is O=C(NC(CN1CCCC1)C(O)c1cc(F)c2c(c1)OCCO2)C(=O)c1ccc(N2CCCCC2)cc1. The summed E-state index contributed by atoms with van der Waals surface area (Å²) in [4.78, 5) is 30.4. The lowest BCUT2D eigenvalue weighted by atomic mass is 9.99. The monoisotopic (exact) mass is 511 g/mol. The van der Waals surface area contributed by atoms with Crippen LogP contribution in [-0.2, 0) is 4.79 Å². The largest absolute Gasteiger partial charge is 0.486 e. The first kappa shape index (κ1) is 25.5. The predicted molar refractivity (Wildman–Crippen MR) is 137 cm³/mol. The molecular weight excluding hydrogens is 477 g/mol. The van der Waals surface area contributed by atoms with E-state index in [4.69, 9.17) is 9.47 Å². The van der Waals surface area contributed by atoms with Gasteiger partial charge in [0.15, 0.2) is 17.3 Å². The Labute approximate surface area is 216 Å². The zero-order valence-electron chi connectivity index (χ0n) is 21.0. The zero-order valence-corrected chi connectivity index (χ0v) is 21.0. The Balaban J connectivity index is 1.31. The highest BCUT2D eigenvalue weighted by atomic mass is 19.1. The summed E-state index contributed by atoms with van der Waals surface area (Å²) in [5.41, 5.74) is 1.59. The number of carbonyl (C=O) groups excluding carboxylic acids is 2. The van der Waals surface area contributed by atoms with Crippen LogP contribution in [0.4, 0.5) is 10.1 Å². The van der Waals surface area contributed by atoms with Gasteiger partial charge in [0.2, 0.25) is 5.78 Å². The van der Waals surface area contributed by atoms with Crippen LogP contribution in [0.25, 0.3) is 0 Å². The smallest absolute Gasteiger partial charge is 0.292 e. The molecule has 0 radical (unpaired) electrons. The van der Waals surface area contributed by atoms with Crippen molar-refractivity contribution < 1.29 is 28.6 Å². The van der Waals surface area contributed by atoms with Crippen molar-refractivity contribution in [3.63, 3.8) is 0 Å². The van der Waals surface area contributed by atoms with Crippen molar-refractivity contribution in [3.05, 3.63) is 53.3 Å². The molecule has 2 unspecified atom stereocenters. The number of hydrogen-bond donors (Lipinski definition) is 2. The number of amides is 1. The molecule has 3 aliphatic rings. The molecule has 3 aliphatic heterocycles. The van der Waals surface area contributed by atoms with Crippen molar-refractivity contribution in [1.82, 2.24) is 10.2 Å². The second-order valence-electron chi connectivity index (χ2n) is 9.98. The van der Waals surface area contributed by atoms with Gasteiger partial charge in [0.25, 0.3) is 5.91 Å². The first-order valence-electron chi connectivity index (χ1n) is 13.2. The molecule has 2 atom stereocenters. The Morgan fingerprint density at radius 1 is 0.946 bits per heavy atom. The molecular formula is C28H34FN3O5. The van der Waals surface area contributed by atoms with E-state index in [0.29, 0.717) is 6.54 Å². The van der Waals surface area contributed by atoms with Gasteiger partial charge in [-0.2, -0.15) is 0 Å². The molecule has 1 amide bonds. The van der Waals surface area contributed by atoms with Gasteiger partial charge < -0.3 is 29.7 Å². The third kappa shape index (κ3) is 5.88. The lowest BCUT2D eigenvalue weighted by molar-refractivity contribution is -0.118. The zero-order chi connectivity index (χ0) is 25.8. The topological polar surface area (TPSA) is 91.3 Å². The van der Waals surface area contributed by atoms with E-state index in [0.717, 1.165) is 57.5 Å². The minimum Gasteiger partial charge on any atom is -0.486 e. The van der Waals surface area contributed by atoms with Gasteiger partial charge in [-0.25, -0.2) is 4.39 Å². The highest BCUT2D eigenvalue weighted by molar-refractivity contribution is 6.42. The molecule has 8 nitrogen and oxygen atoms in total. The minimum atomic E-state index is -1.25. The Morgan fingerprint density at radius 3 is 2.35 bits per heavy atom. The molecule has 2 aromatic rings. The average molecular weight is 512 g/mol. The summed E-state index contributed by atoms with van der Waals surface area (Å²) in [7, 11) is 0. The number of aliphatic hydroxyl groups excluding tert-OH is 1. The van der Waals surface area contributed by atoms with Crippen LogP contribution in [0.15, 0.2) is 36.4 Å². The van der Waals surface area contributed by atoms with Crippen molar-refractivity contribution >= 4 is 17.4 Å². The summed E-state index contributed by atoms with van der Waals surface area (Å²) in [5, 5.41) is 14.0. The van der Waals surface area contributed by atoms with E-state index in [1.165, 1.54) is 18.6 Å². The van der Waals surface area contributed by atoms with E-state index >= 15 is 0 Å². The molecule has 0 saturated carbocycles. The van der Waals surface area contributed by atoms with E-state index < -0.39 is 29.7 Å². The lowest BCUT2D eigenvalue weighted by Gasteiger charge is -2.29. The predicted octanol–water partition coefficient (Wildman–Crippen LogP) is 3.08. The number of anilines is 1. The van der Waals surface area contributed by atoms with Crippen molar-refractivity contribution in [3.8, 4) is 11.5 Å². The number of ether oxygens (including phenoxy) is 2. The Hall–Kier alpha value is -3.17. The van der Waals surface area contributed by atoms with Gasteiger partial charge in [0.05, 0.1) is 6.04 Å². The van der Waals surface area contributed by atoms with Gasteiger partial charge in [-0.15, -0.1) is 0 Å². The van der Waals surface area contributed by atoms with E-state index in [-0.39, 0.29) is 35.8 Å². The summed E-state index contributed by atoms with van der Waals surface area (Å²) in [5.74, 6) is -1.87. The van der Waals surface area contributed by atoms with Crippen molar-refractivity contribution in [2.45, 2.75) is 44.2 Å². The number of aliphatic hydroxyl groups is 1. The van der Waals surface area contributed by atoms with Gasteiger partial charge in [-0.05, 0) is 87.2 Å².